The third-order valence-electron chi connectivity index (χ3n) is 7.53. The van der Waals surface area contributed by atoms with Gasteiger partial charge in [0.25, 0.3) is 0 Å². The van der Waals surface area contributed by atoms with E-state index in [-0.39, 0.29) is 5.41 Å². The summed E-state index contributed by atoms with van der Waals surface area (Å²) in [7, 11) is 0. The van der Waals surface area contributed by atoms with Gasteiger partial charge in [0, 0.05) is 5.41 Å². The fraction of sp³-hybridized carbons (Fsp3) is 0.121. The molecule has 0 heterocycles. The van der Waals surface area contributed by atoms with Gasteiger partial charge in [-0.1, -0.05) is 92.7 Å². The SMILES string of the molecule is Cc1c(-c2ccc(-c3ccc4c(c3)C(C)(C)c3cc(C#N)ccc3-4)cc2)ccc2ccccc12. The van der Waals surface area contributed by atoms with Gasteiger partial charge in [-0.25, -0.2) is 0 Å². The smallest absolute Gasteiger partial charge is 0.0991 e. The van der Waals surface area contributed by atoms with Crippen LogP contribution in [0.3, 0.4) is 0 Å². The fourth-order valence-electron chi connectivity index (χ4n) is 5.57. The Morgan fingerprint density at radius 1 is 0.618 bits per heavy atom. The molecule has 0 N–H and O–H groups in total. The Bertz CT molecular complexity index is 1630. The van der Waals surface area contributed by atoms with Crippen molar-refractivity contribution in [2.75, 3.05) is 0 Å². The Kier molecular flexibility index (Phi) is 4.48. The Morgan fingerprint density at radius 3 is 2.00 bits per heavy atom. The van der Waals surface area contributed by atoms with Crippen molar-refractivity contribution in [2.45, 2.75) is 26.2 Å². The second kappa shape index (κ2) is 7.44. The molecule has 0 fully saturated rings. The molecule has 5 aromatic rings. The summed E-state index contributed by atoms with van der Waals surface area (Å²) < 4.78 is 0. The Hall–Kier alpha value is -4.15. The summed E-state index contributed by atoms with van der Waals surface area (Å²) in [5.41, 5.74) is 12.0. The van der Waals surface area contributed by atoms with Crippen molar-refractivity contribution in [1.29, 1.82) is 5.26 Å². The van der Waals surface area contributed by atoms with E-state index in [2.05, 4.69) is 118 Å². The van der Waals surface area contributed by atoms with Crippen molar-refractivity contribution in [2.24, 2.45) is 0 Å². The van der Waals surface area contributed by atoms with Crippen molar-refractivity contribution in [3.8, 4) is 39.4 Å². The van der Waals surface area contributed by atoms with Gasteiger partial charge >= 0.3 is 0 Å². The van der Waals surface area contributed by atoms with Gasteiger partial charge in [-0.3, -0.25) is 0 Å². The highest BCUT2D eigenvalue weighted by molar-refractivity contribution is 5.92. The molecule has 0 bridgehead atoms. The molecule has 0 spiro atoms. The van der Waals surface area contributed by atoms with Crippen LogP contribution in [0.25, 0.3) is 44.2 Å². The van der Waals surface area contributed by atoms with Gasteiger partial charge in [-0.2, -0.15) is 5.26 Å². The average molecular weight is 436 g/mol. The molecule has 162 valence electrons. The summed E-state index contributed by atoms with van der Waals surface area (Å²) in [6.45, 7) is 6.73. The molecule has 0 unspecified atom stereocenters. The second-order valence-electron chi connectivity index (χ2n) is 9.79. The van der Waals surface area contributed by atoms with Crippen LogP contribution in [-0.2, 0) is 5.41 Å². The van der Waals surface area contributed by atoms with E-state index < -0.39 is 0 Å². The highest BCUT2D eigenvalue weighted by Crippen LogP contribution is 2.49. The first-order valence-corrected chi connectivity index (χ1v) is 11.8. The Labute approximate surface area is 200 Å². The van der Waals surface area contributed by atoms with Gasteiger partial charge in [-0.15, -0.1) is 0 Å². The zero-order valence-corrected chi connectivity index (χ0v) is 19.7. The minimum Gasteiger partial charge on any atom is -0.192 e. The van der Waals surface area contributed by atoms with E-state index in [9.17, 15) is 5.26 Å². The minimum absolute atomic E-state index is 0.129. The van der Waals surface area contributed by atoms with Gasteiger partial charge in [0.15, 0.2) is 0 Å². The first-order valence-electron chi connectivity index (χ1n) is 11.8. The number of aryl methyl sites for hydroxylation is 1. The lowest BCUT2D eigenvalue weighted by molar-refractivity contribution is 0.660. The summed E-state index contributed by atoms with van der Waals surface area (Å²) in [6, 6.07) is 37.1. The van der Waals surface area contributed by atoms with E-state index in [1.54, 1.807) is 0 Å². The lowest BCUT2D eigenvalue weighted by Gasteiger charge is -2.22. The zero-order chi connectivity index (χ0) is 23.4. The number of fused-ring (bicyclic) bond motifs is 4. The van der Waals surface area contributed by atoms with Crippen LogP contribution in [0.15, 0.2) is 97.1 Å². The minimum atomic E-state index is -0.129. The predicted molar refractivity (Wildman–Crippen MR) is 142 cm³/mol. The molecule has 0 aromatic heterocycles. The van der Waals surface area contributed by atoms with E-state index in [4.69, 9.17) is 0 Å². The highest BCUT2D eigenvalue weighted by atomic mass is 14.4. The lowest BCUT2D eigenvalue weighted by Crippen LogP contribution is -2.15. The van der Waals surface area contributed by atoms with Gasteiger partial charge in [-0.05, 0) is 86.0 Å². The van der Waals surface area contributed by atoms with E-state index in [1.165, 1.54) is 60.8 Å². The number of hydrogen-bond acceptors (Lipinski definition) is 1. The molecule has 5 aromatic carbocycles. The van der Waals surface area contributed by atoms with Crippen LogP contribution in [0.1, 0.15) is 36.1 Å². The van der Waals surface area contributed by atoms with Gasteiger partial charge < -0.3 is 0 Å². The highest BCUT2D eigenvalue weighted by Gasteiger charge is 2.35. The molecule has 1 aliphatic rings. The van der Waals surface area contributed by atoms with E-state index in [0.717, 1.165) is 5.56 Å². The number of nitrogens with zero attached hydrogens (tertiary/aromatic N) is 1. The Balaban J connectivity index is 1.39. The molecule has 6 rings (SSSR count). The molecule has 0 saturated carbocycles. The molecule has 0 radical (unpaired) electrons. The monoisotopic (exact) mass is 435 g/mol. The molecule has 0 saturated heterocycles. The van der Waals surface area contributed by atoms with Crippen LogP contribution in [0.2, 0.25) is 0 Å². The summed E-state index contributed by atoms with van der Waals surface area (Å²) in [5, 5.41) is 12.0. The summed E-state index contributed by atoms with van der Waals surface area (Å²) in [4.78, 5) is 0. The molecule has 34 heavy (non-hydrogen) atoms. The number of benzene rings is 5. The van der Waals surface area contributed by atoms with Crippen LogP contribution >= 0.6 is 0 Å². The average Bonchev–Trinajstić information content (AvgIpc) is 3.10. The van der Waals surface area contributed by atoms with Crippen molar-refractivity contribution in [1.82, 2.24) is 0 Å². The molecule has 0 aliphatic heterocycles. The van der Waals surface area contributed by atoms with Gasteiger partial charge in [0.1, 0.15) is 0 Å². The topological polar surface area (TPSA) is 23.8 Å². The zero-order valence-electron chi connectivity index (χ0n) is 19.7. The second-order valence-corrected chi connectivity index (χ2v) is 9.79. The van der Waals surface area contributed by atoms with Crippen molar-refractivity contribution in [3.05, 3.63) is 119 Å². The first-order chi connectivity index (χ1) is 16.5. The van der Waals surface area contributed by atoms with Crippen LogP contribution in [0, 0.1) is 18.3 Å². The lowest BCUT2D eigenvalue weighted by atomic mass is 9.81. The summed E-state index contributed by atoms with van der Waals surface area (Å²) >= 11 is 0. The third kappa shape index (κ3) is 3.00. The normalized spacial score (nSPS) is 13.4. The first kappa shape index (κ1) is 20.5. The van der Waals surface area contributed by atoms with Gasteiger partial charge in [0.05, 0.1) is 11.6 Å². The maximum atomic E-state index is 9.37. The van der Waals surface area contributed by atoms with E-state index >= 15 is 0 Å². The van der Waals surface area contributed by atoms with Crippen LogP contribution in [0.4, 0.5) is 0 Å². The maximum Gasteiger partial charge on any atom is 0.0991 e. The molecule has 1 aliphatic carbocycles. The van der Waals surface area contributed by atoms with Crippen LogP contribution < -0.4 is 0 Å². The summed E-state index contributed by atoms with van der Waals surface area (Å²) in [5.74, 6) is 0. The summed E-state index contributed by atoms with van der Waals surface area (Å²) in [6.07, 6.45) is 0. The predicted octanol–water partition coefficient (Wildman–Crippen LogP) is 8.66. The number of hydrogen-bond donors (Lipinski definition) is 0. The Morgan fingerprint density at radius 2 is 1.24 bits per heavy atom. The standard InChI is InChI=1S/C33H25N/c1-21-27-7-5-4-6-24(27)13-16-28(21)25-11-9-23(10-12-25)26-14-17-30-29-15-8-22(20-34)18-31(29)33(2,3)32(30)19-26/h4-19H,1-3H3. The maximum absolute atomic E-state index is 9.37. The van der Waals surface area contributed by atoms with E-state index in [1.807, 2.05) is 6.07 Å². The van der Waals surface area contributed by atoms with Crippen LogP contribution in [-0.4, -0.2) is 0 Å². The molecular weight excluding hydrogens is 410 g/mol. The number of rotatable bonds is 2. The van der Waals surface area contributed by atoms with E-state index in [0.29, 0.717) is 0 Å². The number of nitriles is 1. The van der Waals surface area contributed by atoms with Crippen molar-refractivity contribution >= 4 is 10.8 Å². The van der Waals surface area contributed by atoms with Crippen molar-refractivity contribution in [3.63, 3.8) is 0 Å². The van der Waals surface area contributed by atoms with Crippen molar-refractivity contribution < 1.29 is 0 Å². The largest absolute Gasteiger partial charge is 0.192 e. The molecule has 0 amide bonds. The molecule has 0 atom stereocenters. The third-order valence-corrected chi connectivity index (χ3v) is 7.53. The van der Waals surface area contributed by atoms with Gasteiger partial charge in [0.2, 0.25) is 0 Å². The fourth-order valence-corrected chi connectivity index (χ4v) is 5.57. The molecule has 1 heteroatoms. The quantitative estimate of drug-likeness (QED) is 0.272. The van der Waals surface area contributed by atoms with Crippen LogP contribution in [0.5, 0.6) is 0 Å². The molecule has 1 nitrogen and oxygen atoms in total. The molecular formula is C33H25N.